The Kier molecular flexibility index (Phi) is 19.7. The van der Waals surface area contributed by atoms with Crippen molar-refractivity contribution in [2.75, 3.05) is 65.9 Å². The van der Waals surface area contributed by atoms with Crippen LogP contribution in [0.4, 0.5) is 11.6 Å². The molecule has 20 heteroatoms. The molecule has 2 bridgehead atoms. The number of nitrogens with two attached hydrogens (primary N) is 1. The van der Waals surface area contributed by atoms with Crippen LogP contribution in [0.25, 0.3) is 16.0 Å². The third-order valence-corrected chi connectivity index (χ3v) is 13.4. The van der Waals surface area contributed by atoms with Gasteiger partial charge in [-0.25, -0.2) is 4.98 Å². The van der Waals surface area contributed by atoms with Crippen LogP contribution in [0.1, 0.15) is 106 Å². The number of nitrogens with zero attached hydrogens (tertiary/aromatic N) is 6. The van der Waals surface area contributed by atoms with E-state index in [1.54, 1.807) is 49.1 Å². The third-order valence-electron chi connectivity index (χ3n) is 13.4. The first-order valence-corrected chi connectivity index (χ1v) is 25.4. The molecule has 6 atom stereocenters. The molecule has 0 spiro atoms. The number of anilines is 1. The van der Waals surface area contributed by atoms with Crippen molar-refractivity contribution < 1.29 is 38.2 Å². The maximum Gasteiger partial charge on any atom is 0.260 e. The number of likely N-dealkylation sites (tertiary alicyclic amines) is 1. The lowest BCUT2D eigenvalue weighted by Gasteiger charge is -2.36. The van der Waals surface area contributed by atoms with E-state index in [0.29, 0.717) is 59.7 Å². The predicted molar refractivity (Wildman–Crippen MR) is 281 cm³/mol. The zero-order valence-electron chi connectivity index (χ0n) is 44.2. The zero-order chi connectivity index (χ0) is 53.7. The number of nitrogens with one attached hydrogen (secondary N) is 5. The maximum absolute atomic E-state index is 14.4. The largest absolute Gasteiger partial charge is 0.482 e. The predicted octanol–water partition coefficient (Wildman–Crippen LogP) is 4.62. The topological polar surface area (TPSA) is 241 Å². The number of pyridine rings is 1. The van der Waals surface area contributed by atoms with E-state index in [1.807, 2.05) is 84.0 Å². The summed E-state index contributed by atoms with van der Waals surface area (Å²) in [5, 5.41) is 20.1. The van der Waals surface area contributed by atoms with Crippen LogP contribution in [0.15, 0.2) is 60.8 Å². The van der Waals surface area contributed by atoms with Crippen LogP contribution in [-0.2, 0) is 41.7 Å². The van der Waals surface area contributed by atoms with E-state index in [4.69, 9.17) is 31.6 Å². The molecule has 4 aromatic rings. The van der Waals surface area contributed by atoms with E-state index in [-0.39, 0.29) is 106 Å². The lowest BCUT2D eigenvalue weighted by Crippen LogP contribution is -2.59. The van der Waals surface area contributed by atoms with Crippen LogP contribution < -0.4 is 37.1 Å². The summed E-state index contributed by atoms with van der Waals surface area (Å²) in [5.74, 6) is -0.645. The summed E-state index contributed by atoms with van der Waals surface area (Å²) in [4.78, 5) is 79.5. The van der Waals surface area contributed by atoms with Crippen molar-refractivity contribution >= 4 is 41.2 Å². The number of rotatable bonds is 21. The molecule has 0 aliphatic carbocycles. The van der Waals surface area contributed by atoms with E-state index in [1.165, 1.54) is 4.68 Å². The van der Waals surface area contributed by atoms with Gasteiger partial charge in [0.1, 0.15) is 30.4 Å². The van der Waals surface area contributed by atoms with Gasteiger partial charge in [-0.1, -0.05) is 82.3 Å². The monoisotopic (exact) mass is 1020 g/mol. The number of fused-ring (bicyclic) bond motifs is 5. The first-order chi connectivity index (χ1) is 35.3. The molecule has 2 aromatic carbocycles. The van der Waals surface area contributed by atoms with E-state index in [2.05, 4.69) is 36.4 Å². The highest BCUT2D eigenvalue weighted by atomic mass is 16.5. The molecule has 0 saturated carbocycles. The second-order valence-corrected chi connectivity index (χ2v) is 20.0. The number of hydrogen-bond donors (Lipinski definition) is 6. The van der Waals surface area contributed by atoms with E-state index >= 15 is 0 Å². The molecule has 1 fully saturated rings. The second-order valence-electron chi connectivity index (χ2n) is 20.0. The summed E-state index contributed by atoms with van der Waals surface area (Å²) in [5.41, 5.74) is 10.3. The third kappa shape index (κ3) is 14.2. The maximum atomic E-state index is 14.4. The van der Waals surface area contributed by atoms with Crippen molar-refractivity contribution in [2.45, 2.75) is 117 Å². The molecule has 2 aliphatic rings. The van der Waals surface area contributed by atoms with Crippen molar-refractivity contribution in [1.82, 2.24) is 51.1 Å². The first kappa shape index (κ1) is 56.4. The number of benzene rings is 2. The van der Waals surface area contributed by atoms with Gasteiger partial charge in [0.05, 0.1) is 51.6 Å². The van der Waals surface area contributed by atoms with Gasteiger partial charge in [-0.15, -0.1) is 5.10 Å². The number of hydrogen-bond acceptors (Lipinski definition) is 13. The van der Waals surface area contributed by atoms with E-state index in [0.717, 1.165) is 11.1 Å². The minimum absolute atomic E-state index is 0.101. The van der Waals surface area contributed by atoms with Gasteiger partial charge in [0, 0.05) is 55.5 Å². The SMILES string of the molecule is [C-]#[N+]c1c2c(nn1CCNC(=O)CCOCCOCCN[C@H]1C[C@@H](C(=O)N[C@H](CC)c3ccccc3)N(C(=O)[C@@H](NC(=O)[C@H](C)NC)C(C)(C)C)C1)CN(C)C(=O)c1ccc(C)cc1[C@@H](C)Oc1cc-2cnc1N. The highest BCUT2D eigenvalue weighted by molar-refractivity contribution is 5.96. The molecule has 4 heterocycles. The minimum Gasteiger partial charge on any atom is -0.482 e. The summed E-state index contributed by atoms with van der Waals surface area (Å²) in [6.45, 7) is 23.6. The van der Waals surface area contributed by atoms with Crippen molar-refractivity contribution in [3.63, 3.8) is 0 Å². The van der Waals surface area contributed by atoms with Crippen LogP contribution >= 0.6 is 0 Å². The summed E-state index contributed by atoms with van der Waals surface area (Å²) in [7, 11) is 3.37. The molecule has 5 amide bonds. The van der Waals surface area contributed by atoms with Crippen LogP contribution in [0.3, 0.4) is 0 Å². The molecule has 20 nitrogen and oxygen atoms in total. The summed E-state index contributed by atoms with van der Waals surface area (Å²) in [6, 6.07) is 14.5. The number of carbonyl (C=O) groups excluding carboxylic acids is 5. The van der Waals surface area contributed by atoms with E-state index < -0.39 is 29.6 Å². The number of likely N-dealkylation sites (N-methyl/N-ethyl adjacent to an activating group) is 1. The average Bonchev–Trinajstić information content (AvgIpc) is 3.97. The number of ether oxygens (including phenoxy) is 3. The van der Waals surface area contributed by atoms with Crippen LogP contribution in [0.5, 0.6) is 5.75 Å². The number of aryl methyl sites for hydroxylation is 1. The Labute approximate surface area is 434 Å². The fraction of sp³-hybridized carbons (Fsp3) is 0.519. The molecule has 2 aliphatic heterocycles. The van der Waals surface area contributed by atoms with Crippen LogP contribution in [0, 0.1) is 18.9 Å². The summed E-state index contributed by atoms with van der Waals surface area (Å²) >= 11 is 0. The van der Waals surface area contributed by atoms with Gasteiger partial charge in [0.25, 0.3) is 11.7 Å². The van der Waals surface area contributed by atoms with Crippen LogP contribution in [0.2, 0.25) is 0 Å². The Balaban J connectivity index is 0.969. The van der Waals surface area contributed by atoms with Gasteiger partial charge in [-0.05, 0) is 69.3 Å². The normalized spacial score (nSPS) is 17.8. The Hall–Kier alpha value is -6.92. The molecule has 6 rings (SSSR count). The number of amides is 5. The zero-order valence-corrected chi connectivity index (χ0v) is 44.2. The first-order valence-electron chi connectivity index (χ1n) is 25.4. The van der Waals surface area contributed by atoms with Crippen molar-refractivity contribution in [3.8, 4) is 16.9 Å². The molecule has 398 valence electrons. The van der Waals surface area contributed by atoms with Crippen molar-refractivity contribution in [1.29, 1.82) is 0 Å². The highest BCUT2D eigenvalue weighted by Crippen LogP contribution is 2.39. The lowest BCUT2D eigenvalue weighted by molar-refractivity contribution is -0.144. The molecular weight excluding hydrogens is 945 g/mol. The Morgan fingerprint density at radius 3 is 2.43 bits per heavy atom. The van der Waals surface area contributed by atoms with Crippen molar-refractivity contribution in [2.24, 2.45) is 5.41 Å². The molecular formula is C54H74N12O8. The Morgan fingerprint density at radius 2 is 1.74 bits per heavy atom. The van der Waals surface area contributed by atoms with Crippen LogP contribution in [-0.4, -0.2) is 138 Å². The van der Waals surface area contributed by atoms with Gasteiger partial charge in [-0.3, -0.25) is 24.0 Å². The molecule has 7 N–H and O–H groups in total. The summed E-state index contributed by atoms with van der Waals surface area (Å²) in [6.07, 6.45) is 2.17. The molecule has 0 unspecified atom stereocenters. The van der Waals surface area contributed by atoms with Gasteiger partial charge < -0.3 is 61.2 Å². The van der Waals surface area contributed by atoms with Gasteiger partial charge in [0.2, 0.25) is 23.6 Å². The molecule has 74 heavy (non-hydrogen) atoms. The van der Waals surface area contributed by atoms with Gasteiger partial charge in [-0.2, -0.15) is 4.68 Å². The molecule has 1 saturated heterocycles. The fourth-order valence-electron chi connectivity index (χ4n) is 9.11. The minimum atomic E-state index is -0.868. The average molecular weight is 1020 g/mol. The molecule has 0 radical (unpaired) electrons. The van der Waals surface area contributed by atoms with Crippen molar-refractivity contribution in [3.05, 3.63) is 100 Å². The van der Waals surface area contributed by atoms with Gasteiger partial charge in [0.15, 0.2) is 11.6 Å². The highest BCUT2D eigenvalue weighted by Gasteiger charge is 2.45. The number of nitrogen functional groups attached to an aromatic ring is 1. The fourth-order valence-corrected chi connectivity index (χ4v) is 9.11. The van der Waals surface area contributed by atoms with Gasteiger partial charge >= 0.3 is 0 Å². The van der Waals surface area contributed by atoms with E-state index in [9.17, 15) is 24.0 Å². The quantitative estimate of drug-likeness (QED) is 0.0494. The smallest absolute Gasteiger partial charge is 0.260 e. The number of carbonyl (C=O) groups is 5. The Bertz CT molecular complexity index is 2650. The number of aromatic nitrogens is 3. The lowest BCUT2D eigenvalue weighted by atomic mass is 9.85. The standard InChI is InChI=1S/C54H74N12O8/c1-11-41(36-15-13-12-14-16-36)61-51(69)43-29-38(31-65(43)53(71)47(54(5,6)7)62-50(68)34(3)56-8)58-21-24-73-26-25-72-23-19-45(67)59-20-22-66-49(57-9)46-37-28-44(48(55)60-30-37)74-35(4)40-27-33(2)17-18-39(40)52(70)64(10)32-42(46)63-66/h12-18,27-28,30,34-35,38,41,43,47,56,58H,11,19-26,29,31-32H2,1-8,10H3,(H2,55,60)(H,59,67)(H,61,69)(H,62,68)/t34-,35+,38-,41+,43-,47+/m0/s1. The second kappa shape index (κ2) is 25.8. The molecule has 2 aromatic heterocycles. The summed E-state index contributed by atoms with van der Waals surface area (Å²) < 4.78 is 19.3. The Morgan fingerprint density at radius 1 is 1.01 bits per heavy atom.